The lowest BCUT2D eigenvalue weighted by molar-refractivity contribution is 0.0633. The van der Waals surface area contributed by atoms with Gasteiger partial charge in [0.05, 0.1) is 5.54 Å². The standard InChI is InChI=1S/C16H31N3O/c1-13-4-8-16(12-17,9-5-13)18(3)15(20)19-10-6-14(2)7-11-19/h13-14H,4-12,17H2,1-3H3. The number of nitrogens with two attached hydrogens (primary N) is 1. The minimum absolute atomic E-state index is 0.105. The van der Waals surface area contributed by atoms with Crippen LogP contribution in [0.2, 0.25) is 0 Å². The van der Waals surface area contributed by atoms with Crippen LogP contribution in [-0.2, 0) is 0 Å². The van der Waals surface area contributed by atoms with Crippen molar-refractivity contribution in [2.45, 2.75) is 57.9 Å². The van der Waals surface area contributed by atoms with Crippen LogP contribution in [0.1, 0.15) is 52.4 Å². The first-order valence-corrected chi connectivity index (χ1v) is 8.21. The molecule has 0 aromatic heterocycles. The maximum absolute atomic E-state index is 12.7. The zero-order valence-electron chi connectivity index (χ0n) is 13.4. The van der Waals surface area contributed by atoms with Crippen LogP contribution in [0.5, 0.6) is 0 Å². The summed E-state index contributed by atoms with van der Waals surface area (Å²) in [5.74, 6) is 1.53. The Morgan fingerprint density at radius 1 is 1.15 bits per heavy atom. The van der Waals surface area contributed by atoms with Crippen LogP contribution >= 0.6 is 0 Å². The minimum Gasteiger partial charge on any atom is -0.328 e. The van der Waals surface area contributed by atoms with Crippen molar-refractivity contribution in [2.75, 3.05) is 26.7 Å². The van der Waals surface area contributed by atoms with Gasteiger partial charge in [0.1, 0.15) is 0 Å². The van der Waals surface area contributed by atoms with E-state index < -0.39 is 0 Å². The molecular weight excluding hydrogens is 250 g/mol. The summed E-state index contributed by atoms with van der Waals surface area (Å²) in [6.07, 6.45) is 6.74. The maximum atomic E-state index is 12.7. The number of carbonyl (C=O) groups is 1. The molecule has 1 aliphatic carbocycles. The van der Waals surface area contributed by atoms with Crippen LogP contribution in [0, 0.1) is 11.8 Å². The molecule has 1 aliphatic heterocycles. The van der Waals surface area contributed by atoms with Crippen LogP contribution in [0.25, 0.3) is 0 Å². The Kier molecular flexibility index (Phi) is 4.95. The zero-order chi connectivity index (χ0) is 14.8. The third kappa shape index (κ3) is 3.11. The summed E-state index contributed by atoms with van der Waals surface area (Å²) in [7, 11) is 1.96. The second-order valence-corrected chi connectivity index (χ2v) is 7.12. The maximum Gasteiger partial charge on any atom is 0.320 e. The van der Waals surface area contributed by atoms with E-state index in [0.29, 0.717) is 6.54 Å². The Hall–Kier alpha value is -0.770. The second kappa shape index (κ2) is 6.33. The molecular formula is C16H31N3O. The predicted octanol–water partition coefficient (Wildman–Crippen LogP) is 2.68. The zero-order valence-corrected chi connectivity index (χ0v) is 13.4. The lowest BCUT2D eigenvalue weighted by Gasteiger charge is -2.47. The molecule has 0 spiro atoms. The van der Waals surface area contributed by atoms with Gasteiger partial charge in [-0.05, 0) is 50.4 Å². The predicted molar refractivity (Wildman–Crippen MR) is 82.5 cm³/mol. The monoisotopic (exact) mass is 281 g/mol. The quantitative estimate of drug-likeness (QED) is 0.846. The number of carbonyl (C=O) groups excluding carboxylic acids is 1. The number of amides is 2. The normalized spacial score (nSPS) is 32.2. The molecule has 1 saturated carbocycles. The van der Waals surface area contributed by atoms with Gasteiger partial charge in [0.25, 0.3) is 0 Å². The summed E-state index contributed by atoms with van der Waals surface area (Å²) in [6, 6.07) is 0.192. The molecule has 2 fully saturated rings. The largest absolute Gasteiger partial charge is 0.328 e. The molecule has 2 aliphatic rings. The van der Waals surface area contributed by atoms with Crippen molar-refractivity contribution in [3.05, 3.63) is 0 Å². The summed E-state index contributed by atoms with van der Waals surface area (Å²) < 4.78 is 0. The van der Waals surface area contributed by atoms with Crippen molar-refractivity contribution in [3.63, 3.8) is 0 Å². The summed E-state index contributed by atoms with van der Waals surface area (Å²) in [5.41, 5.74) is 5.96. The van der Waals surface area contributed by atoms with Gasteiger partial charge in [-0.25, -0.2) is 4.79 Å². The van der Waals surface area contributed by atoms with E-state index in [9.17, 15) is 4.79 Å². The Morgan fingerprint density at radius 3 is 2.15 bits per heavy atom. The van der Waals surface area contributed by atoms with Gasteiger partial charge in [-0.1, -0.05) is 13.8 Å². The fraction of sp³-hybridized carbons (Fsp3) is 0.938. The number of urea groups is 1. The van der Waals surface area contributed by atoms with Crippen LogP contribution in [0.15, 0.2) is 0 Å². The average Bonchev–Trinajstić information content (AvgIpc) is 2.48. The molecule has 0 bridgehead atoms. The minimum atomic E-state index is -0.105. The van der Waals surface area contributed by atoms with Crippen molar-refractivity contribution in [1.82, 2.24) is 9.80 Å². The van der Waals surface area contributed by atoms with Crippen molar-refractivity contribution >= 4 is 6.03 Å². The highest BCUT2D eigenvalue weighted by Crippen LogP contribution is 2.36. The molecule has 1 saturated heterocycles. The fourth-order valence-corrected chi connectivity index (χ4v) is 3.59. The third-order valence-corrected chi connectivity index (χ3v) is 5.64. The molecule has 1 heterocycles. The Morgan fingerprint density at radius 2 is 1.65 bits per heavy atom. The van der Waals surface area contributed by atoms with Crippen LogP contribution in [-0.4, -0.2) is 48.1 Å². The molecule has 0 atom stereocenters. The molecule has 20 heavy (non-hydrogen) atoms. The van der Waals surface area contributed by atoms with E-state index in [4.69, 9.17) is 5.73 Å². The van der Waals surface area contributed by atoms with E-state index in [1.807, 2.05) is 16.8 Å². The van der Waals surface area contributed by atoms with Crippen LogP contribution < -0.4 is 5.73 Å². The Balaban J connectivity index is 2.01. The molecule has 116 valence electrons. The molecule has 2 amide bonds. The van der Waals surface area contributed by atoms with Crippen molar-refractivity contribution in [1.29, 1.82) is 0 Å². The van der Waals surface area contributed by atoms with E-state index in [2.05, 4.69) is 13.8 Å². The van der Waals surface area contributed by atoms with Gasteiger partial charge in [-0.15, -0.1) is 0 Å². The first kappa shape index (κ1) is 15.6. The van der Waals surface area contributed by atoms with Gasteiger partial charge >= 0.3 is 6.03 Å². The van der Waals surface area contributed by atoms with Gasteiger partial charge in [-0.3, -0.25) is 0 Å². The molecule has 0 aromatic carbocycles. The highest BCUT2D eigenvalue weighted by atomic mass is 16.2. The number of hydrogen-bond donors (Lipinski definition) is 1. The lowest BCUT2D eigenvalue weighted by atomic mass is 9.76. The van der Waals surface area contributed by atoms with Gasteiger partial charge in [-0.2, -0.15) is 0 Å². The number of hydrogen-bond acceptors (Lipinski definition) is 2. The molecule has 4 heteroatoms. The second-order valence-electron chi connectivity index (χ2n) is 7.12. The van der Waals surface area contributed by atoms with Gasteiger partial charge < -0.3 is 15.5 Å². The third-order valence-electron chi connectivity index (χ3n) is 5.64. The van der Waals surface area contributed by atoms with Crippen LogP contribution in [0.4, 0.5) is 4.79 Å². The fourth-order valence-electron chi connectivity index (χ4n) is 3.59. The van der Waals surface area contributed by atoms with Gasteiger partial charge in [0, 0.05) is 26.7 Å². The number of rotatable bonds is 2. The summed E-state index contributed by atoms with van der Waals surface area (Å²) in [4.78, 5) is 16.7. The number of piperidine rings is 1. The first-order chi connectivity index (χ1) is 9.48. The van der Waals surface area contributed by atoms with Crippen molar-refractivity contribution in [3.8, 4) is 0 Å². The SMILES string of the molecule is CC1CCN(C(=O)N(C)C2(CN)CCC(C)CC2)CC1. The van der Waals surface area contributed by atoms with Gasteiger partial charge in [0.15, 0.2) is 0 Å². The lowest BCUT2D eigenvalue weighted by Crippen LogP contribution is -2.59. The summed E-state index contributed by atoms with van der Waals surface area (Å²) >= 11 is 0. The van der Waals surface area contributed by atoms with E-state index in [1.54, 1.807) is 0 Å². The van der Waals surface area contributed by atoms with E-state index in [1.165, 1.54) is 12.8 Å². The van der Waals surface area contributed by atoms with Crippen molar-refractivity contribution in [2.24, 2.45) is 17.6 Å². The smallest absolute Gasteiger partial charge is 0.320 e. The van der Waals surface area contributed by atoms with E-state index >= 15 is 0 Å². The van der Waals surface area contributed by atoms with E-state index in [0.717, 1.165) is 50.6 Å². The Labute approximate surface area is 123 Å². The topological polar surface area (TPSA) is 49.6 Å². The summed E-state index contributed by atoms with van der Waals surface area (Å²) in [5, 5.41) is 0. The molecule has 0 radical (unpaired) electrons. The highest BCUT2D eigenvalue weighted by Gasteiger charge is 2.40. The Bertz CT molecular complexity index is 329. The molecule has 2 N–H and O–H groups in total. The summed E-state index contributed by atoms with van der Waals surface area (Å²) in [6.45, 7) is 6.97. The highest BCUT2D eigenvalue weighted by molar-refractivity contribution is 5.75. The first-order valence-electron chi connectivity index (χ1n) is 8.21. The number of likely N-dealkylation sites (N-methyl/N-ethyl adjacent to an activating group) is 1. The van der Waals surface area contributed by atoms with E-state index in [-0.39, 0.29) is 11.6 Å². The number of nitrogens with zero attached hydrogens (tertiary/aromatic N) is 2. The molecule has 0 aromatic rings. The van der Waals surface area contributed by atoms with Gasteiger partial charge in [0.2, 0.25) is 0 Å². The number of likely N-dealkylation sites (tertiary alicyclic amines) is 1. The molecule has 2 rings (SSSR count). The molecule has 4 nitrogen and oxygen atoms in total. The van der Waals surface area contributed by atoms with Crippen LogP contribution in [0.3, 0.4) is 0 Å². The molecule has 0 unspecified atom stereocenters. The van der Waals surface area contributed by atoms with Crippen molar-refractivity contribution < 1.29 is 4.79 Å². The average molecular weight is 281 g/mol.